The van der Waals surface area contributed by atoms with E-state index in [4.69, 9.17) is 16.0 Å². The minimum atomic E-state index is -4.89. The van der Waals surface area contributed by atoms with E-state index in [0.29, 0.717) is 12.1 Å². The number of benzene rings is 1. The molecule has 0 fully saturated rings. The van der Waals surface area contributed by atoms with Gasteiger partial charge in [0.2, 0.25) is 0 Å². The van der Waals surface area contributed by atoms with Crippen molar-refractivity contribution in [2.75, 3.05) is 0 Å². The van der Waals surface area contributed by atoms with Gasteiger partial charge in [0, 0.05) is 5.56 Å². The van der Waals surface area contributed by atoms with Crippen molar-refractivity contribution in [3.05, 3.63) is 47.2 Å². The van der Waals surface area contributed by atoms with Gasteiger partial charge in [-0.25, -0.2) is 0 Å². The highest BCUT2D eigenvalue weighted by Gasteiger charge is 2.37. The smallest absolute Gasteiger partial charge is 0.416 e. The zero-order chi connectivity index (χ0) is 15.8. The van der Waals surface area contributed by atoms with Crippen LogP contribution in [-0.4, -0.2) is 0 Å². The fourth-order valence-corrected chi connectivity index (χ4v) is 1.85. The molecule has 21 heavy (non-hydrogen) atoms. The van der Waals surface area contributed by atoms with Gasteiger partial charge < -0.3 is 4.42 Å². The van der Waals surface area contributed by atoms with E-state index >= 15 is 0 Å². The SMILES string of the molecule is FC(F)(F)c1cc(-c2ccc(CCl)o2)cc(C(F)(F)F)c1. The van der Waals surface area contributed by atoms with Crippen molar-refractivity contribution in [2.24, 2.45) is 0 Å². The summed E-state index contributed by atoms with van der Waals surface area (Å²) in [4.78, 5) is 0. The molecule has 0 spiro atoms. The van der Waals surface area contributed by atoms with Gasteiger partial charge in [0.1, 0.15) is 11.5 Å². The third kappa shape index (κ3) is 3.53. The van der Waals surface area contributed by atoms with Crippen molar-refractivity contribution >= 4 is 11.6 Å². The lowest BCUT2D eigenvalue weighted by molar-refractivity contribution is -0.143. The van der Waals surface area contributed by atoms with Gasteiger partial charge >= 0.3 is 12.4 Å². The second-order valence-electron chi connectivity index (χ2n) is 4.19. The summed E-state index contributed by atoms with van der Waals surface area (Å²) in [6.45, 7) is 0. The first kappa shape index (κ1) is 15.8. The van der Waals surface area contributed by atoms with Crippen LogP contribution in [0.1, 0.15) is 16.9 Å². The second-order valence-corrected chi connectivity index (χ2v) is 4.46. The molecular weight excluding hydrogens is 322 g/mol. The number of alkyl halides is 7. The molecule has 0 saturated heterocycles. The predicted molar refractivity (Wildman–Crippen MR) is 63.7 cm³/mol. The maximum Gasteiger partial charge on any atom is 0.416 e. The van der Waals surface area contributed by atoms with Crippen molar-refractivity contribution in [3.8, 4) is 11.3 Å². The number of rotatable bonds is 2. The number of halogens is 7. The Balaban J connectivity index is 2.60. The molecule has 0 unspecified atom stereocenters. The second kappa shape index (κ2) is 5.29. The average molecular weight is 329 g/mol. The normalized spacial score (nSPS) is 12.7. The van der Waals surface area contributed by atoms with Crippen LogP contribution in [0.2, 0.25) is 0 Å². The molecule has 0 atom stereocenters. The van der Waals surface area contributed by atoms with Crippen LogP contribution < -0.4 is 0 Å². The summed E-state index contributed by atoms with van der Waals surface area (Å²) in [6.07, 6.45) is -9.78. The summed E-state index contributed by atoms with van der Waals surface area (Å²) in [5.41, 5.74) is -3.10. The van der Waals surface area contributed by atoms with Crippen molar-refractivity contribution in [3.63, 3.8) is 0 Å². The van der Waals surface area contributed by atoms with Crippen molar-refractivity contribution < 1.29 is 30.8 Å². The summed E-state index contributed by atoms with van der Waals surface area (Å²) in [7, 11) is 0. The minimum absolute atomic E-state index is 0.0366. The Morgan fingerprint density at radius 1 is 0.857 bits per heavy atom. The van der Waals surface area contributed by atoms with E-state index in [1.807, 2.05) is 0 Å². The van der Waals surface area contributed by atoms with Crippen molar-refractivity contribution in [2.45, 2.75) is 18.2 Å². The van der Waals surface area contributed by atoms with E-state index in [1.165, 1.54) is 12.1 Å². The highest BCUT2D eigenvalue weighted by atomic mass is 35.5. The molecule has 0 aliphatic rings. The molecule has 0 N–H and O–H groups in total. The highest BCUT2D eigenvalue weighted by molar-refractivity contribution is 6.16. The van der Waals surface area contributed by atoms with Gasteiger partial charge in [-0.1, -0.05) is 0 Å². The van der Waals surface area contributed by atoms with E-state index in [1.54, 1.807) is 0 Å². The molecule has 0 amide bonds. The van der Waals surface area contributed by atoms with Crippen LogP contribution in [0.25, 0.3) is 11.3 Å². The Labute approximate surface area is 120 Å². The van der Waals surface area contributed by atoms with Crippen molar-refractivity contribution in [1.29, 1.82) is 0 Å². The quantitative estimate of drug-likeness (QED) is 0.507. The molecule has 0 bridgehead atoms. The first-order valence-corrected chi connectivity index (χ1v) is 6.09. The molecule has 114 valence electrons. The van der Waals surface area contributed by atoms with Crippen LogP contribution in [0.5, 0.6) is 0 Å². The number of hydrogen-bond acceptors (Lipinski definition) is 1. The van der Waals surface area contributed by atoms with Crippen LogP contribution in [0.4, 0.5) is 26.3 Å². The van der Waals surface area contributed by atoms with Gasteiger partial charge in [0.25, 0.3) is 0 Å². The van der Waals surface area contributed by atoms with Crippen LogP contribution in [0.15, 0.2) is 34.7 Å². The minimum Gasteiger partial charge on any atom is -0.460 e. The van der Waals surface area contributed by atoms with Gasteiger partial charge in [-0.3, -0.25) is 0 Å². The maximum atomic E-state index is 12.7. The molecule has 0 saturated carbocycles. The van der Waals surface area contributed by atoms with Gasteiger partial charge in [-0.05, 0) is 30.3 Å². The van der Waals surface area contributed by atoms with Crippen LogP contribution in [-0.2, 0) is 18.2 Å². The van der Waals surface area contributed by atoms with Crippen LogP contribution >= 0.6 is 11.6 Å². The molecule has 0 radical (unpaired) electrons. The lowest BCUT2D eigenvalue weighted by Crippen LogP contribution is -2.11. The fraction of sp³-hybridized carbons (Fsp3) is 0.231. The highest BCUT2D eigenvalue weighted by Crippen LogP contribution is 2.38. The number of hydrogen-bond donors (Lipinski definition) is 0. The molecule has 0 aliphatic carbocycles. The molecule has 1 nitrogen and oxygen atoms in total. The monoisotopic (exact) mass is 328 g/mol. The van der Waals surface area contributed by atoms with Crippen LogP contribution in [0, 0.1) is 0 Å². The maximum absolute atomic E-state index is 12.7. The first-order chi connectivity index (χ1) is 9.61. The molecule has 0 aliphatic heterocycles. The Hall–Kier alpha value is -1.63. The van der Waals surface area contributed by atoms with E-state index < -0.39 is 23.5 Å². The van der Waals surface area contributed by atoms with E-state index in [-0.39, 0.29) is 29.0 Å². The summed E-state index contributed by atoms with van der Waals surface area (Å²) in [5, 5.41) is 0. The summed E-state index contributed by atoms with van der Waals surface area (Å²) >= 11 is 5.48. The van der Waals surface area contributed by atoms with Gasteiger partial charge in [0.15, 0.2) is 0 Å². The fourth-order valence-electron chi connectivity index (χ4n) is 1.70. The largest absolute Gasteiger partial charge is 0.460 e. The Morgan fingerprint density at radius 2 is 1.38 bits per heavy atom. The molecule has 8 heteroatoms. The predicted octanol–water partition coefficient (Wildman–Crippen LogP) is 5.72. The molecule has 2 rings (SSSR count). The van der Waals surface area contributed by atoms with Crippen molar-refractivity contribution in [1.82, 2.24) is 0 Å². The molecular formula is C13H7ClF6O. The lowest BCUT2D eigenvalue weighted by atomic mass is 10.0. The average Bonchev–Trinajstić information content (AvgIpc) is 2.85. The Morgan fingerprint density at radius 3 is 1.76 bits per heavy atom. The van der Waals surface area contributed by atoms with E-state index in [9.17, 15) is 26.3 Å². The van der Waals surface area contributed by atoms with E-state index in [2.05, 4.69) is 0 Å². The van der Waals surface area contributed by atoms with Gasteiger partial charge in [-0.2, -0.15) is 26.3 Å². The molecule has 2 aromatic rings. The molecule has 1 aromatic carbocycles. The summed E-state index contributed by atoms with van der Waals surface area (Å²) < 4.78 is 81.3. The Bertz CT molecular complexity index is 609. The standard InChI is InChI=1S/C13H7ClF6O/c14-6-10-1-2-11(21-10)7-3-8(12(15,16)17)5-9(4-7)13(18,19)20/h1-5H,6H2. The third-order valence-electron chi connectivity index (χ3n) is 2.67. The molecule has 1 aromatic heterocycles. The lowest BCUT2D eigenvalue weighted by Gasteiger charge is -2.13. The zero-order valence-corrected chi connectivity index (χ0v) is 10.9. The molecule has 1 heterocycles. The van der Waals surface area contributed by atoms with Gasteiger partial charge in [0.05, 0.1) is 17.0 Å². The summed E-state index contributed by atoms with van der Waals surface area (Å²) in [5.74, 6) is 0.102. The first-order valence-electron chi connectivity index (χ1n) is 5.56. The zero-order valence-electron chi connectivity index (χ0n) is 10.1. The number of furan rings is 1. The third-order valence-corrected chi connectivity index (χ3v) is 2.93. The topological polar surface area (TPSA) is 13.1 Å². The summed E-state index contributed by atoms with van der Waals surface area (Å²) in [6, 6.07) is 3.93. The Kier molecular flexibility index (Phi) is 3.97. The van der Waals surface area contributed by atoms with Crippen LogP contribution in [0.3, 0.4) is 0 Å². The van der Waals surface area contributed by atoms with Gasteiger partial charge in [-0.15, -0.1) is 11.6 Å². The van der Waals surface area contributed by atoms with E-state index in [0.717, 1.165) is 0 Å².